The molecule has 2 heteroatoms. The van der Waals surface area contributed by atoms with Crippen LogP contribution in [0, 0.1) is 0 Å². The summed E-state index contributed by atoms with van der Waals surface area (Å²) in [4.78, 5) is 0. The third-order valence-corrected chi connectivity index (χ3v) is 11.1. The van der Waals surface area contributed by atoms with Crippen LogP contribution in [-0.4, -0.2) is 4.57 Å². The standard InChI is InChI=1S/C48H79N2/c1-4-6-8-10-12-14-16-17-18-19-20-21-23-25-33-39-49-43-47(41-44(3)46-37-31-28-32-38-46)50(48(49)42-45-35-29-27-30-36-45)40-34-26-24-22-15-13-11-9-7-5-2/h27-32,35-38,43-44H,4-26,33-34,39-42H2,1-3H3/q+1. The fourth-order valence-corrected chi connectivity index (χ4v) is 7.87. The molecule has 0 aliphatic heterocycles. The van der Waals surface area contributed by atoms with Gasteiger partial charge in [-0.25, -0.2) is 9.13 Å². The zero-order valence-electron chi connectivity index (χ0n) is 33.3. The van der Waals surface area contributed by atoms with Gasteiger partial charge in [-0.05, 0) is 42.7 Å². The minimum Gasteiger partial charge on any atom is -0.234 e. The maximum atomic E-state index is 2.75. The van der Waals surface area contributed by atoms with Crippen molar-refractivity contribution in [3.8, 4) is 0 Å². The highest BCUT2D eigenvalue weighted by molar-refractivity contribution is 5.22. The Morgan fingerprint density at radius 1 is 0.500 bits per heavy atom. The van der Waals surface area contributed by atoms with Gasteiger partial charge >= 0.3 is 0 Å². The van der Waals surface area contributed by atoms with Gasteiger partial charge in [0.25, 0.3) is 5.82 Å². The monoisotopic (exact) mass is 684 g/mol. The molecule has 50 heavy (non-hydrogen) atoms. The molecule has 0 amide bonds. The first-order valence-electron chi connectivity index (χ1n) is 21.9. The third kappa shape index (κ3) is 18.2. The zero-order chi connectivity index (χ0) is 35.3. The molecule has 0 aliphatic rings. The topological polar surface area (TPSA) is 8.81 Å². The molecule has 0 radical (unpaired) electrons. The summed E-state index contributed by atoms with van der Waals surface area (Å²) >= 11 is 0. The molecule has 2 aromatic carbocycles. The van der Waals surface area contributed by atoms with Gasteiger partial charge in [-0.15, -0.1) is 0 Å². The summed E-state index contributed by atoms with van der Waals surface area (Å²) in [7, 11) is 0. The number of unbranched alkanes of at least 4 members (excludes halogenated alkanes) is 23. The second-order valence-electron chi connectivity index (χ2n) is 15.7. The Labute approximate surface area is 310 Å². The van der Waals surface area contributed by atoms with Gasteiger partial charge in [0.1, 0.15) is 11.9 Å². The molecule has 280 valence electrons. The first kappa shape index (κ1) is 42.1. The Bertz CT molecular complexity index is 1180. The summed E-state index contributed by atoms with van der Waals surface area (Å²) in [6, 6.07) is 22.4. The van der Waals surface area contributed by atoms with Crippen molar-refractivity contribution in [2.24, 2.45) is 0 Å². The predicted molar refractivity (Wildman–Crippen MR) is 219 cm³/mol. The Balaban J connectivity index is 1.53. The Kier molecular flexibility index (Phi) is 23.8. The van der Waals surface area contributed by atoms with E-state index in [9.17, 15) is 0 Å². The summed E-state index contributed by atoms with van der Waals surface area (Å²) in [5.41, 5.74) is 4.42. The van der Waals surface area contributed by atoms with Crippen LogP contribution in [0.4, 0.5) is 0 Å². The Morgan fingerprint density at radius 3 is 1.40 bits per heavy atom. The van der Waals surface area contributed by atoms with E-state index < -0.39 is 0 Å². The molecule has 3 aromatic rings. The highest BCUT2D eigenvalue weighted by atomic mass is 15.2. The third-order valence-electron chi connectivity index (χ3n) is 11.1. The predicted octanol–water partition coefficient (Wildman–Crippen LogP) is 14.5. The van der Waals surface area contributed by atoms with Gasteiger partial charge in [-0.3, -0.25) is 0 Å². The van der Waals surface area contributed by atoms with Gasteiger partial charge in [0.2, 0.25) is 0 Å². The summed E-state index contributed by atoms with van der Waals surface area (Å²) in [6.45, 7) is 9.35. The lowest BCUT2D eigenvalue weighted by atomic mass is 9.96. The Morgan fingerprint density at radius 2 is 0.920 bits per heavy atom. The van der Waals surface area contributed by atoms with Gasteiger partial charge in [0.05, 0.1) is 19.5 Å². The van der Waals surface area contributed by atoms with Gasteiger partial charge < -0.3 is 0 Å². The fraction of sp³-hybridized carbons (Fsp3) is 0.688. The van der Waals surface area contributed by atoms with Crippen molar-refractivity contribution in [2.45, 2.75) is 213 Å². The normalized spacial score (nSPS) is 12.1. The Hall–Kier alpha value is -2.35. The fourth-order valence-electron chi connectivity index (χ4n) is 7.87. The van der Waals surface area contributed by atoms with Crippen molar-refractivity contribution >= 4 is 0 Å². The van der Waals surface area contributed by atoms with E-state index in [1.165, 1.54) is 183 Å². The first-order valence-corrected chi connectivity index (χ1v) is 21.9. The molecule has 0 aliphatic carbocycles. The van der Waals surface area contributed by atoms with E-state index in [-0.39, 0.29) is 0 Å². The highest BCUT2D eigenvalue weighted by Crippen LogP contribution is 2.23. The lowest BCUT2D eigenvalue weighted by Crippen LogP contribution is -2.37. The average Bonchev–Trinajstić information content (AvgIpc) is 3.45. The number of hydrogen-bond acceptors (Lipinski definition) is 0. The van der Waals surface area contributed by atoms with Gasteiger partial charge in [0, 0.05) is 6.42 Å². The number of rotatable bonds is 32. The molecular weight excluding hydrogens is 605 g/mol. The van der Waals surface area contributed by atoms with Gasteiger partial charge in [-0.1, -0.05) is 216 Å². The number of aryl methyl sites for hydroxylation is 1. The highest BCUT2D eigenvalue weighted by Gasteiger charge is 2.25. The molecule has 2 nitrogen and oxygen atoms in total. The van der Waals surface area contributed by atoms with Gasteiger partial charge in [0.15, 0.2) is 0 Å². The molecule has 0 bridgehead atoms. The molecule has 0 saturated heterocycles. The van der Waals surface area contributed by atoms with Crippen molar-refractivity contribution in [2.75, 3.05) is 0 Å². The number of imidazole rings is 1. The summed E-state index contributed by atoms with van der Waals surface area (Å²) in [5.74, 6) is 2.04. The van der Waals surface area contributed by atoms with E-state index in [4.69, 9.17) is 0 Å². The second kappa shape index (κ2) is 28.3. The van der Waals surface area contributed by atoms with Crippen LogP contribution < -0.4 is 4.57 Å². The van der Waals surface area contributed by atoms with E-state index in [0.29, 0.717) is 5.92 Å². The second-order valence-corrected chi connectivity index (χ2v) is 15.7. The smallest absolute Gasteiger partial charge is 0.234 e. The summed E-state index contributed by atoms with van der Waals surface area (Å²) in [6.07, 6.45) is 39.9. The first-order chi connectivity index (χ1) is 24.7. The van der Waals surface area contributed by atoms with E-state index in [1.54, 1.807) is 0 Å². The van der Waals surface area contributed by atoms with Crippen molar-refractivity contribution in [1.82, 2.24) is 4.57 Å². The maximum absolute atomic E-state index is 2.75. The molecule has 0 N–H and O–H groups in total. The van der Waals surface area contributed by atoms with Crippen LogP contribution in [0.3, 0.4) is 0 Å². The number of benzene rings is 2. The average molecular weight is 684 g/mol. The van der Waals surface area contributed by atoms with E-state index in [0.717, 1.165) is 25.9 Å². The lowest BCUT2D eigenvalue weighted by Gasteiger charge is -2.12. The molecule has 1 unspecified atom stereocenters. The molecular formula is C48H79N2+. The molecule has 3 rings (SSSR count). The van der Waals surface area contributed by atoms with Crippen LogP contribution in [0.25, 0.3) is 0 Å². The molecule has 1 heterocycles. The van der Waals surface area contributed by atoms with Crippen LogP contribution in [-0.2, 0) is 25.9 Å². The number of aromatic nitrogens is 2. The lowest BCUT2D eigenvalue weighted by molar-refractivity contribution is -0.704. The zero-order valence-corrected chi connectivity index (χ0v) is 33.3. The van der Waals surface area contributed by atoms with E-state index in [2.05, 4.69) is 96.8 Å². The van der Waals surface area contributed by atoms with Crippen LogP contribution >= 0.6 is 0 Å². The van der Waals surface area contributed by atoms with E-state index in [1.807, 2.05) is 0 Å². The number of hydrogen-bond donors (Lipinski definition) is 0. The van der Waals surface area contributed by atoms with Crippen molar-refractivity contribution < 1.29 is 4.57 Å². The van der Waals surface area contributed by atoms with Gasteiger partial charge in [-0.2, -0.15) is 0 Å². The van der Waals surface area contributed by atoms with Crippen molar-refractivity contribution in [1.29, 1.82) is 0 Å². The van der Waals surface area contributed by atoms with Crippen LogP contribution in [0.5, 0.6) is 0 Å². The minimum absolute atomic E-state index is 0.515. The number of nitrogens with zero attached hydrogens (tertiary/aromatic N) is 2. The largest absolute Gasteiger partial charge is 0.261 e. The maximum Gasteiger partial charge on any atom is 0.261 e. The molecule has 0 spiro atoms. The van der Waals surface area contributed by atoms with E-state index >= 15 is 0 Å². The quantitative estimate of drug-likeness (QED) is 0.0457. The minimum atomic E-state index is 0.515. The molecule has 0 saturated carbocycles. The molecule has 1 atom stereocenters. The van der Waals surface area contributed by atoms with Crippen LogP contribution in [0.2, 0.25) is 0 Å². The van der Waals surface area contributed by atoms with Crippen molar-refractivity contribution in [3.63, 3.8) is 0 Å². The SMILES string of the molecule is CCCCCCCCCCCCCCCCC[n+]1cc(CC(C)c2ccccc2)n(CCCCCCCCCCCC)c1Cc1ccccc1. The molecule has 1 aromatic heterocycles. The molecule has 0 fully saturated rings. The van der Waals surface area contributed by atoms with Crippen LogP contribution in [0.1, 0.15) is 210 Å². The summed E-state index contributed by atoms with van der Waals surface area (Å²) < 4.78 is 5.42. The summed E-state index contributed by atoms with van der Waals surface area (Å²) in [5, 5.41) is 0. The van der Waals surface area contributed by atoms with Crippen LogP contribution in [0.15, 0.2) is 66.9 Å². The van der Waals surface area contributed by atoms with Crippen molar-refractivity contribution in [3.05, 3.63) is 89.5 Å².